The predicted octanol–water partition coefficient (Wildman–Crippen LogP) is 5.04. The number of carbonyl (C=O) groups excluding carboxylic acids is 1. The maximum absolute atomic E-state index is 15.5. The first kappa shape index (κ1) is 26.0. The molecule has 1 aliphatic heterocycles. The third-order valence-electron chi connectivity index (χ3n) is 7.09. The number of hydrogen-bond donors (Lipinski definition) is 1. The van der Waals surface area contributed by atoms with E-state index >= 15 is 8.78 Å². The fraction of sp³-hybridized carbons (Fsp3) is 0.250. The maximum atomic E-state index is 15.5. The van der Waals surface area contributed by atoms with Crippen LogP contribution in [0.4, 0.5) is 8.78 Å². The molecule has 3 aromatic heterocycles. The van der Waals surface area contributed by atoms with E-state index in [0.29, 0.717) is 52.0 Å². The molecule has 1 aliphatic rings. The average Bonchev–Trinajstić information content (AvgIpc) is 3.29. The molecular weight excluding hydrogens is 542 g/mol. The zero-order valence-electron chi connectivity index (χ0n) is 21.3. The molecule has 2 atom stereocenters. The van der Waals surface area contributed by atoms with E-state index in [4.69, 9.17) is 16.3 Å². The van der Waals surface area contributed by atoms with E-state index in [2.05, 4.69) is 19.9 Å². The molecule has 1 unspecified atom stereocenters. The summed E-state index contributed by atoms with van der Waals surface area (Å²) < 4.78 is 38.3. The van der Waals surface area contributed by atoms with Crippen LogP contribution in [0.1, 0.15) is 18.3 Å². The number of fused-ring (bicyclic) bond motifs is 3. The number of aliphatic hydroxyl groups excluding tert-OH is 1. The maximum Gasteiger partial charge on any atom is 0.321 e. The summed E-state index contributed by atoms with van der Waals surface area (Å²) in [7, 11) is 0. The molecular formula is C28H23ClF2N6O3. The summed E-state index contributed by atoms with van der Waals surface area (Å²) >= 11 is 6.58. The van der Waals surface area contributed by atoms with Gasteiger partial charge in [0.05, 0.1) is 34.8 Å². The van der Waals surface area contributed by atoms with E-state index in [0.717, 1.165) is 0 Å². The molecule has 12 heteroatoms. The number of likely N-dealkylation sites (tertiary alicyclic amines) is 1. The zero-order chi connectivity index (χ0) is 28.0. The highest BCUT2D eigenvalue weighted by Crippen LogP contribution is 2.38. The highest BCUT2D eigenvalue weighted by atomic mass is 35.5. The van der Waals surface area contributed by atoms with Gasteiger partial charge in [-0.2, -0.15) is 0 Å². The summed E-state index contributed by atoms with van der Waals surface area (Å²) in [6, 6.07) is 9.03. The number of carbonyl (C=O) groups is 1. The molecule has 0 saturated carbocycles. The van der Waals surface area contributed by atoms with Gasteiger partial charge in [-0.1, -0.05) is 11.6 Å². The Labute approximate surface area is 232 Å². The normalized spacial score (nSPS) is 17.5. The van der Waals surface area contributed by atoms with Crippen molar-refractivity contribution in [2.75, 3.05) is 19.7 Å². The van der Waals surface area contributed by atoms with E-state index < -0.39 is 30.5 Å². The lowest BCUT2D eigenvalue weighted by Gasteiger charge is -2.35. The smallest absolute Gasteiger partial charge is 0.321 e. The molecule has 1 amide bonds. The number of benzene rings is 2. The molecule has 0 spiro atoms. The molecule has 1 saturated heterocycles. The van der Waals surface area contributed by atoms with Gasteiger partial charge in [0.15, 0.2) is 0 Å². The lowest BCUT2D eigenvalue weighted by molar-refractivity contribution is -0.137. The van der Waals surface area contributed by atoms with E-state index in [9.17, 15) is 9.90 Å². The van der Waals surface area contributed by atoms with Gasteiger partial charge in [0.25, 0.3) is 0 Å². The van der Waals surface area contributed by atoms with Crippen molar-refractivity contribution >= 4 is 39.4 Å². The topological polar surface area (TPSA) is 106 Å². The van der Waals surface area contributed by atoms with Crippen LogP contribution in [-0.4, -0.2) is 66.3 Å². The van der Waals surface area contributed by atoms with Crippen LogP contribution in [0, 0.1) is 12.7 Å². The van der Waals surface area contributed by atoms with Crippen LogP contribution in [0.3, 0.4) is 0 Å². The number of piperidine rings is 1. The number of halogens is 3. The molecule has 2 aromatic carbocycles. The fourth-order valence-electron chi connectivity index (χ4n) is 5.26. The predicted molar refractivity (Wildman–Crippen MR) is 144 cm³/mol. The molecule has 0 bridgehead atoms. The number of ether oxygens (including phenoxy) is 1. The monoisotopic (exact) mass is 564 g/mol. The Morgan fingerprint density at radius 2 is 1.95 bits per heavy atom. The third kappa shape index (κ3) is 4.61. The van der Waals surface area contributed by atoms with Crippen molar-refractivity contribution in [3.8, 4) is 22.9 Å². The van der Waals surface area contributed by atoms with Gasteiger partial charge in [0, 0.05) is 47.6 Å². The molecule has 0 aliphatic carbocycles. The Bertz CT molecular complexity index is 1750. The van der Waals surface area contributed by atoms with E-state index in [1.54, 1.807) is 55.8 Å². The van der Waals surface area contributed by atoms with Gasteiger partial charge >= 0.3 is 6.01 Å². The minimum atomic E-state index is -1.39. The van der Waals surface area contributed by atoms with Gasteiger partial charge in [0.1, 0.15) is 35.7 Å². The molecule has 6 rings (SSSR count). The van der Waals surface area contributed by atoms with Gasteiger partial charge in [-0.3, -0.25) is 9.78 Å². The van der Waals surface area contributed by atoms with Gasteiger partial charge in [-0.05, 0) is 37.6 Å². The highest BCUT2D eigenvalue weighted by Gasteiger charge is 2.34. The number of pyridine rings is 1. The Morgan fingerprint density at radius 1 is 1.15 bits per heavy atom. The minimum absolute atomic E-state index is 0.135. The number of imidazole rings is 1. The molecule has 9 nitrogen and oxygen atoms in total. The van der Waals surface area contributed by atoms with E-state index in [1.165, 1.54) is 11.0 Å². The highest BCUT2D eigenvalue weighted by molar-refractivity contribution is 6.33. The summed E-state index contributed by atoms with van der Waals surface area (Å²) in [6.07, 6.45) is 3.58. The summed E-state index contributed by atoms with van der Waals surface area (Å²) in [5.41, 5.74) is 2.22. The van der Waals surface area contributed by atoms with Gasteiger partial charge in [0.2, 0.25) is 5.91 Å². The first-order valence-electron chi connectivity index (χ1n) is 12.6. The summed E-state index contributed by atoms with van der Waals surface area (Å²) in [5.74, 6) is -0.0673. The summed E-state index contributed by atoms with van der Waals surface area (Å²) in [4.78, 5) is 30.3. The van der Waals surface area contributed by atoms with Crippen molar-refractivity contribution in [3.05, 3.63) is 71.7 Å². The zero-order valence-corrected chi connectivity index (χ0v) is 22.0. The quantitative estimate of drug-likeness (QED) is 0.319. The van der Waals surface area contributed by atoms with Crippen molar-refractivity contribution in [1.82, 2.24) is 29.4 Å². The van der Waals surface area contributed by atoms with Gasteiger partial charge in [-0.25, -0.2) is 23.7 Å². The molecule has 1 N–H and O–H groups in total. The van der Waals surface area contributed by atoms with E-state index in [-0.39, 0.29) is 23.1 Å². The van der Waals surface area contributed by atoms with Crippen LogP contribution in [0.15, 0.2) is 55.0 Å². The Balaban J connectivity index is 1.43. The van der Waals surface area contributed by atoms with Crippen LogP contribution in [0.5, 0.6) is 11.8 Å². The molecule has 0 radical (unpaired) electrons. The van der Waals surface area contributed by atoms with Crippen molar-refractivity contribution in [1.29, 1.82) is 0 Å². The van der Waals surface area contributed by atoms with Crippen LogP contribution in [-0.2, 0) is 4.79 Å². The standard InChI is InChI=1S/C28H23ClF2N6O3/c1-15-35-24-12-34-23-11-21(30)18(17-4-3-16(9-20(17)29)40-28-32-6-2-7-33-28)10-19(23)27(24)37(15)25-5-8-36(13-22(25)31)26(39)14-38/h2-4,6-7,9-12,22,25,38H,5,8,13-14H2,1H3/t22-,25?/m1/s1. The lowest BCUT2D eigenvalue weighted by Crippen LogP contribution is -2.46. The number of alkyl halides is 1. The van der Waals surface area contributed by atoms with Crippen molar-refractivity contribution in [2.24, 2.45) is 0 Å². The fourth-order valence-corrected chi connectivity index (χ4v) is 5.53. The Kier molecular flexibility index (Phi) is 6.77. The second-order valence-electron chi connectivity index (χ2n) is 9.52. The largest absolute Gasteiger partial charge is 0.424 e. The Hall–Kier alpha value is -4.22. The first-order chi connectivity index (χ1) is 19.3. The SMILES string of the molecule is Cc1nc2cnc3cc(F)c(-c4ccc(Oc5ncccn5)cc4Cl)cc3c2n1C1CCN(C(=O)CO)C[C@H]1F. The van der Waals surface area contributed by atoms with Gasteiger partial charge < -0.3 is 19.3 Å². The summed E-state index contributed by atoms with van der Waals surface area (Å²) in [6.45, 7) is 1.28. The van der Waals surface area contributed by atoms with Crippen molar-refractivity contribution < 1.29 is 23.4 Å². The molecule has 4 heterocycles. The average molecular weight is 565 g/mol. The van der Waals surface area contributed by atoms with Crippen LogP contribution in [0.2, 0.25) is 5.02 Å². The molecule has 40 heavy (non-hydrogen) atoms. The Morgan fingerprint density at radius 3 is 2.67 bits per heavy atom. The first-order valence-corrected chi connectivity index (χ1v) is 13.0. The van der Waals surface area contributed by atoms with Crippen molar-refractivity contribution in [3.63, 3.8) is 0 Å². The number of aromatic nitrogens is 5. The number of aliphatic hydroxyl groups is 1. The van der Waals surface area contributed by atoms with Crippen LogP contribution >= 0.6 is 11.6 Å². The molecule has 204 valence electrons. The number of amides is 1. The lowest BCUT2D eigenvalue weighted by atomic mass is 10.00. The second kappa shape index (κ2) is 10.4. The van der Waals surface area contributed by atoms with E-state index in [1.807, 2.05) is 4.57 Å². The second-order valence-corrected chi connectivity index (χ2v) is 9.92. The number of aryl methyl sites for hydroxylation is 1. The number of rotatable bonds is 5. The van der Waals surface area contributed by atoms with Crippen LogP contribution in [0.25, 0.3) is 33.1 Å². The van der Waals surface area contributed by atoms with Gasteiger partial charge in [-0.15, -0.1) is 0 Å². The minimum Gasteiger partial charge on any atom is -0.424 e. The molecule has 1 fully saturated rings. The number of hydrogen-bond acceptors (Lipinski definition) is 7. The summed E-state index contributed by atoms with van der Waals surface area (Å²) in [5, 5.41) is 10.0. The van der Waals surface area contributed by atoms with Crippen LogP contribution < -0.4 is 4.74 Å². The molecule has 5 aromatic rings. The number of nitrogens with zero attached hydrogens (tertiary/aromatic N) is 6. The van der Waals surface area contributed by atoms with Crippen molar-refractivity contribution in [2.45, 2.75) is 25.6 Å². The third-order valence-corrected chi connectivity index (χ3v) is 7.40.